The van der Waals surface area contributed by atoms with E-state index < -0.39 is 0 Å². The lowest BCUT2D eigenvalue weighted by Gasteiger charge is -2.25. The summed E-state index contributed by atoms with van der Waals surface area (Å²) in [6.45, 7) is 5.94. The lowest BCUT2D eigenvalue weighted by molar-refractivity contribution is -0.122. The van der Waals surface area contributed by atoms with Gasteiger partial charge in [-0.1, -0.05) is 6.07 Å². The van der Waals surface area contributed by atoms with E-state index >= 15 is 0 Å². The van der Waals surface area contributed by atoms with Crippen LogP contribution >= 0.6 is 11.3 Å². The highest BCUT2D eigenvalue weighted by Gasteiger charge is 2.17. The fraction of sp³-hybridized carbons (Fsp3) is 0.600. The van der Waals surface area contributed by atoms with Crippen LogP contribution < -0.4 is 5.32 Å². The molecule has 1 unspecified atom stereocenters. The molecule has 1 atom stereocenters. The van der Waals surface area contributed by atoms with Gasteiger partial charge in [0.15, 0.2) is 5.82 Å². The fourth-order valence-electron chi connectivity index (χ4n) is 2.66. The first-order chi connectivity index (χ1) is 11.7. The summed E-state index contributed by atoms with van der Waals surface area (Å²) in [5.41, 5.74) is 0. The summed E-state index contributed by atoms with van der Waals surface area (Å²) in [6, 6.07) is 4.18. The van der Waals surface area contributed by atoms with E-state index in [0.29, 0.717) is 12.4 Å². The number of aromatic nitrogens is 4. The van der Waals surface area contributed by atoms with Crippen LogP contribution in [0.25, 0.3) is 0 Å². The molecule has 1 fully saturated rings. The first kappa shape index (κ1) is 17.0. The largest absolute Gasteiger partial charge is 0.379 e. The van der Waals surface area contributed by atoms with Gasteiger partial charge in [0.05, 0.1) is 19.8 Å². The molecule has 2 aromatic heterocycles. The SMILES string of the molecule is CC(Cc1cccs1)NC(=O)Cn1nnnc1CN1CCOCC1. The van der Waals surface area contributed by atoms with Crippen molar-refractivity contribution in [2.75, 3.05) is 26.3 Å². The summed E-state index contributed by atoms with van der Waals surface area (Å²) < 4.78 is 6.91. The number of nitrogens with zero attached hydrogens (tertiary/aromatic N) is 5. The van der Waals surface area contributed by atoms with Crippen LogP contribution in [-0.4, -0.2) is 63.4 Å². The Morgan fingerprint density at radius 1 is 1.46 bits per heavy atom. The third kappa shape index (κ3) is 4.83. The number of nitrogens with one attached hydrogen (secondary N) is 1. The van der Waals surface area contributed by atoms with E-state index in [-0.39, 0.29) is 18.5 Å². The zero-order valence-electron chi connectivity index (χ0n) is 13.7. The molecule has 24 heavy (non-hydrogen) atoms. The van der Waals surface area contributed by atoms with Gasteiger partial charge in [-0.3, -0.25) is 9.69 Å². The zero-order valence-corrected chi connectivity index (χ0v) is 14.5. The molecular weight excluding hydrogens is 328 g/mol. The monoisotopic (exact) mass is 350 g/mol. The van der Waals surface area contributed by atoms with Crippen molar-refractivity contribution >= 4 is 17.2 Å². The van der Waals surface area contributed by atoms with Crippen molar-refractivity contribution in [2.45, 2.75) is 32.5 Å². The topological polar surface area (TPSA) is 85.2 Å². The van der Waals surface area contributed by atoms with Crippen molar-refractivity contribution < 1.29 is 9.53 Å². The highest BCUT2D eigenvalue weighted by molar-refractivity contribution is 7.09. The Bertz CT molecular complexity index is 638. The number of hydrogen-bond donors (Lipinski definition) is 1. The number of tetrazole rings is 1. The molecule has 8 nitrogen and oxygen atoms in total. The molecule has 0 aromatic carbocycles. The number of hydrogen-bond acceptors (Lipinski definition) is 7. The lowest BCUT2D eigenvalue weighted by atomic mass is 10.2. The van der Waals surface area contributed by atoms with Gasteiger partial charge < -0.3 is 10.1 Å². The smallest absolute Gasteiger partial charge is 0.242 e. The molecular formula is C15H22N6O2S. The van der Waals surface area contributed by atoms with Crippen LogP contribution in [0.1, 0.15) is 17.6 Å². The van der Waals surface area contributed by atoms with Crippen LogP contribution in [0, 0.1) is 0 Å². The number of rotatable bonds is 7. The maximum absolute atomic E-state index is 12.2. The quantitative estimate of drug-likeness (QED) is 0.774. The van der Waals surface area contributed by atoms with E-state index in [9.17, 15) is 4.79 Å². The maximum atomic E-state index is 12.2. The van der Waals surface area contributed by atoms with Crippen LogP contribution in [0.4, 0.5) is 0 Å². The van der Waals surface area contributed by atoms with Crippen LogP contribution in [0.3, 0.4) is 0 Å². The molecule has 0 spiro atoms. The normalized spacial score (nSPS) is 16.9. The molecule has 1 amide bonds. The number of thiophene rings is 1. The minimum Gasteiger partial charge on any atom is -0.379 e. The van der Waals surface area contributed by atoms with Crippen molar-refractivity contribution in [1.29, 1.82) is 0 Å². The summed E-state index contributed by atoms with van der Waals surface area (Å²) in [5, 5.41) is 16.7. The Labute approximate surface area is 144 Å². The average Bonchev–Trinajstić information content (AvgIpc) is 3.21. The van der Waals surface area contributed by atoms with Gasteiger partial charge in [-0.15, -0.1) is 16.4 Å². The van der Waals surface area contributed by atoms with E-state index in [1.54, 1.807) is 16.0 Å². The van der Waals surface area contributed by atoms with Gasteiger partial charge >= 0.3 is 0 Å². The molecule has 1 aliphatic rings. The molecule has 0 aliphatic carbocycles. The molecule has 0 radical (unpaired) electrons. The third-order valence-electron chi connectivity index (χ3n) is 3.86. The van der Waals surface area contributed by atoms with E-state index in [1.807, 2.05) is 18.4 Å². The minimum absolute atomic E-state index is 0.0745. The minimum atomic E-state index is -0.0745. The molecule has 1 saturated heterocycles. The maximum Gasteiger partial charge on any atom is 0.242 e. The van der Waals surface area contributed by atoms with Gasteiger partial charge in [0.1, 0.15) is 6.54 Å². The fourth-order valence-corrected chi connectivity index (χ4v) is 3.49. The van der Waals surface area contributed by atoms with Crippen molar-refractivity contribution in [2.24, 2.45) is 0 Å². The lowest BCUT2D eigenvalue weighted by Crippen LogP contribution is -2.38. The Morgan fingerprint density at radius 2 is 2.29 bits per heavy atom. The first-order valence-corrected chi connectivity index (χ1v) is 8.95. The zero-order chi connectivity index (χ0) is 16.8. The van der Waals surface area contributed by atoms with Crippen LogP contribution in [0.15, 0.2) is 17.5 Å². The van der Waals surface area contributed by atoms with Crippen LogP contribution in [0.5, 0.6) is 0 Å². The Kier molecular flexibility index (Phi) is 5.89. The summed E-state index contributed by atoms with van der Waals surface area (Å²) >= 11 is 1.70. The molecule has 0 saturated carbocycles. The molecule has 1 aliphatic heterocycles. The summed E-state index contributed by atoms with van der Waals surface area (Å²) in [7, 11) is 0. The number of carbonyl (C=O) groups excluding carboxylic acids is 1. The molecule has 3 heterocycles. The highest BCUT2D eigenvalue weighted by Crippen LogP contribution is 2.11. The van der Waals surface area contributed by atoms with Crippen molar-refractivity contribution in [1.82, 2.24) is 30.4 Å². The molecule has 3 rings (SSSR count). The van der Waals surface area contributed by atoms with Crippen molar-refractivity contribution in [3.8, 4) is 0 Å². The predicted molar refractivity (Wildman–Crippen MR) is 89.5 cm³/mol. The summed E-state index contributed by atoms with van der Waals surface area (Å²) in [4.78, 5) is 15.7. The molecule has 0 bridgehead atoms. The van der Waals surface area contributed by atoms with E-state index in [4.69, 9.17) is 4.74 Å². The number of morpholine rings is 1. The number of carbonyl (C=O) groups is 1. The standard InChI is InChI=1S/C15H22N6O2S/c1-12(9-13-3-2-8-24-13)16-15(22)11-21-14(17-18-19-21)10-20-4-6-23-7-5-20/h2-3,8,12H,4-7,9-11H2,1H3,(H,16,22). The van der Waals surface area contributed by atoms with Gasteiger partial charge in [0, 0.05) is 30.4 Å². The average molecular weight is 350 g/mol. The predicted octanol–water partition coefficient (Wildman–Crippen LogP) is 0.314. The second kappa shape index (κ2) is 8.32. The summed E-state index contributed by atoms with van der Waals surface area (Å²) in [6.07, 6.45) is 0.833. The van der Waals surface area contributed by atoms with Crippen LogP contribution in [0.2, 0.25) is 0 Å². The molecule has 130 valence electrons. The van der Waals surface area contributed by atoms with E-state index in [0.717, 1.165) is 32.7 Å². The Morgan fingerprint density at radius 3 is 3.04 bits per heavy atom. The number of ether oxygens (including phenoxy) is 1. The van der Waals surface area contributed by atoms with Crippen molar-refractivity contribution in [3.63, 3.8) is 0 Å². The van der Waals surface area contributed by atoms with Crippen LogP contribution in [-0.2, 0) is 29.0 Å². The van der Waals surface area contributed by atoms with Gasteiger partial charge in [-0.2, -0.15) is 0 Å². The highest BCUT2D eigenvalue weighted by atomic mass is 32.1. The number of amides is 1. The summed E-state index contributed by atoms with van der Waals surface area (Å²) in [5.74, 6) is 0.632. The molecule has 1 N–H and O–H groups in total. The van der Waals surface area contributed by atoms with Crippen molar-refractivity contribution in [3.05, 3.63) is 28.2 Å². The van der Waals surface area contributed by atoms with E-state index in [2.05, 4.69) is 31.8 Å². The van der Waals surface area contributed by atoms with Gasteiger partial charge in [-0.25, -0.2) is 4.68 Å². The van der Waals surface area contributed by atoms with Gasteiger partial charge in [0.2, 0.25) is 5.91 Å². The van der Waals surface area contributed by atoms with Gasteiger partial charge in [-0.05, 0) is 28.8 Å². The molecule has 9 heteroatoms. The second-order valence-corrected chi connectivity index (χ2v) is 6.93. The first-order valence-electron chi connectivity index (χ1n) is 8.07. The Balaban J connectivity index is 1.50. The van der Waals surface area contributed by atoms with Gasteiger partial charge in [0.25, 0.3) is 0 Å². The second-order valence-electron chi connectivity index (χ2n) is 5.89. The molecule has 2 aromatic rings. The van der Waals surface area contributed by atoms with E-state index in [1.165, 1.54) is 4.88 Å². The Hall–Kier alpha value is -1.84. The third-order valence-corrected chi connectivity index (χ3v) is 4.76.